The molecule has 4 nitrogen and oxygen atoms in total. The topological polar surface area (TPSA) is 49.4 Å². The van der Waals surface area contributed by atoms with E-state index in [4.69, 9.17) is 0 Å². The maximum atomic E-state index is 12.1. The molecular weight excluding hydrogens is 228 g/mol. The Morgan fingerprint density at radius 2 is 2.00 bits per heavy atom. The number of carbonyl (C=O) groups excluding carboxylic acids is 2. The summed E-state index contributed by atoms with van der Waals surface area (Å²) in [6.45, 7) is 5.09. The molecule has 1 saturated heterocycles. The van der Waals surface area contributed by atoms with Crippen LogP contribution in [0, 0.1) is 11.8 Å². The SMILES string of the molecule is CCC(C)C1C(=O)NCC(=O)N1CC1CCCC1. The minimum Gasteiger partial charge on any atom is -0.345 e. The molecule has 1 saturated carbocycles. The summed E-state index contributed by atoms with van der Waals surface area (Å²) in [5.41, 5.74) is 0. The monoisotopic (exact) mass is 252 g/mol. The van der Waals surface area contributed by atoms with Gasteiger partial charge in [-0.2, -0.15) is 0 Å². The van der Waals surface area contributed by atoms with Gasteiger partial charge < -0.3 is 10.2 Å². The molecule has 2 atom stereocenters. The molecule has 102 valence electrons. The summed E-state index contributed by atoms with van der Waals surface area (Å²) in [7, 11) is 0. The Kier molecular flexibility index (Phi) is 4.25. The first-order valence-electron chi connectivity index (χ1n) is 7.20. The van der Waals surface area contributed by atoms with E-state index in [1.165, 1.54) is 25.7 Å². The van der Waals surface area contributed by atoms with Crippen LogP contribution >= 0.6 is 0 Å². The van der Waals surface area contributed by atoms with E-state index in [9.17, 15) is 9.59 Å². The highest BCUT2D eigenvalue weighted by molar-refractivity contribution is 5.95. The molecule has 0 spiro atoms. The summed E-state index contributed by atoms with van der Waals surface area (Å²) in [6.07, 6.45) is 5.88. The van der Waals surface area contributed by atoms with Crippen molar-refractivity contribution in [1.29, 1.82) is 0 Å². The normalized spacial score (nSPS) is 27.4. The first kappa shape index (κ1) is 13.4. The molecule has 1 aliphatic carbocycles. The minimum atomic E-state index is -0.253. The fourth-order valence-corrected chi connectivity index (χ4v) is 3.14. The van der Waals surface area contributed by atoms with E-state index in [-0.39, 0.29) is 30.3 Å². The smallest absolute Gasteiger partial charge is 0.243 e. The molecule has 0 bridgehead atoms. The van der Waals surface area contributed by atoms with E-state index in [1.54, 1.807) is 0 Å². The standard InChI is InChI=1S/C14H24N2O2/c1-3-10(2)13-14(18)15-8-12(17)16(13)9-11-6-4-5-7-11/h10-11,13H,3-9H2,1-2H3,(H,15,18). The third-order valence-corrected chi connectivity index (χ3v) is 4.45. The van der Waals surface area contributed by atoms with Gasteiger partial charge in [0.15, 0.2) is 0 Å². The van der Waals surface area contributed by atoms with Crippen LogP contribution in [-0.2, 0) is 9.59 Å². The fourth-order valence-electron chi connectivity index (χ4n) is 3.14. The van der Waals surface area contributed by atoms with Gasteiger partial charge >= 0.3 is 0 Å². The number of rotatable bonds is 4. The lowest BCUT2D eigenvalue weighted by Gasteiger charge is -2.39. The van der Waals surface area contributed by atoms with Crippen molar-refractivity contribution in [2.45, 2.75) is 52.0 Å². The van der Waals surface area contributed by atoms with Crippen LogP contribution in [0.4, 0.5) is 0 Å². The number of hydrogen-bond donors (Lipinski definition) is 1. The van der Waals surface area contributed by atoms with E-state index >= 15 is 0 Å². The molecule has 1 N–H and O–H groups in total. The molecule has 0 aromatic rings. The van der Waals surface area contributed by atoms with Crippen molar-refractivity contribution < 1.29 is 9.59 Å². The maximum absolute atomic E-state index is 12.1. The lowest BCUT2D eigenvalue weighted by Crippen LogP contribution is -2.61. The highest BCUT2D eigenvalue weighted by Crippen LogP contribution is 2.28. The van der Waals surface area contributed by atoms with Gasteiger partial charge in [-0.05, 0) is 24.7 Å². The number of hydrogen-bond acceptors (Lipinski definition) is 2. The van der Waals surface area contributed by atoms with Gasteiger partial charge in [-0.3, -0.25) is 9.59 Å². The average molecular weight is 252 g/mol. The van der Waals surface area contributed by atoms with Crippen LogP contribution in [-0.4, -0.2) is 35.8 Å². The summed E-state index contributed by atoms with van der Waals surface area (Å²) in [4.78, 5) is 25.9. The van der Waals surface area contributed by atoms with Crippen LogP contribution < -0.4 is 5.32 Å². The van der Waals surface area contributed by atoms with Gasteiger partial charge in [-0.25, -0.2) is 0 Å². The highest BCUT2D eigenvalue weighted by Gasteiger charge is 2.38. The molecule has 2 fully saturated rings. The van der Waals surface area contributed by atoms with Crippen molar-refractivity contribution in [2.24, 2.45) is 11.8 Å². The van der Waals surface area contributed by atoms with Gasteiger partial charge in [-0.1, -0.05) is 33.1 Å². The van der Waals surface area contributed by atoms with Gasteiger partial charge in [0.05, 0.1) is 6.54 Å². The summed E-state index contributed by atoms with van der Waals surface area (Å²) < 4.78 is 0. The molecule has 2 aliphatic rings. The van der Waals surface area contributed by atoms with Crippen molar-refractivity contribution in [3.8, 4) is 0 Å². The number of nitrogens with one attached hydrogen (secondary N) is 1. The van der Waals surface area contributed by atoms with E-state index < -0.39 is 0 Å². The predicted octanol–water partition coefficient (Wildman–Crippen LogP) is 1.55. The summed E-state index contributed by atoms with van der Waals surface area (Å²) in [6, 6.07) is -0.253. The van der Waals surface area contributed by atoms with Crippen molar-refractivity contribution in [3.63, 3.8) is 0 Å². The molecule has 2 rings (SSSR count). The number of piperazine rings is 1. The molecule has 2 unspecified atom stereocenters. The zero-order valence-corrected chi connectivity index (χ0v) is 11.4. The molecule has 18 heavy (non-hydrogen) atoms. The second kappa shape index (κ2) is 5.72. The molecule has 1 heterocycles. The van der Waals surface area contributed by atoms with Crippen LogP contribution in [0.2, 0.25) is 0 Å². The second-order valence-electron chi connectivity index (χ2n) is 5.74. The lowest BCUT2D eigenvalue weighted by molar-refractivity contribution is -0.148. The van der Waals surface area contributed by atoms with Crippen LogP contribution in [0.3, 0.4) is 0 Å². The van der Waals surface area contributed by atoms with E-state index in [0.29, 0.717) is 5.92 Å². The van der Waals surface area contributed by atoms with E-state index in [0.717, 1.165) is 13.0 Å². The molecule has 0 aromatic heterocycles. The van der Waals surface area contributed by atoms with Gasteiger partial charge in [0.25, 0.3) is 0 Å². The van der Waals surface area contributed by atoms with E-state index in [1.807, 2.05) is 4.90 Å². The molecule has 4 heteroatoms. The Labute approximate surface area is 109 Å². The molecule has 0 radical (unpaired) electrons. The van der Waals surface area contributed by atoms with Crippen molar-refractivity contribution in [2.75, 3.05) is 13.1 Å². The molecule has 0 aromatic carbocycles. The van der Waals surface area contributed by atoms with Crippen molar-refractivity contribution >= 4 is 11.8 Å². The van der Waals surface area contributed by atoms with Crippen LogP contribution in [0.5, 0.6) is 0 Å². The highest BCUT2D eigenvalue weighted by atomic mass is 16.2. The number of amides is 2. The Bertz CT molecular complexity index is 324. The summed E-state index contributed by atoms with van der Waals surface area (Å²) in [5, 5.41) is 2.72. The quantitative estimate of drug-likeness (QED) is 0.825. The van der Waals surface area contributed by atoms with Gasteiger partial charge in [0.2, 0.25) is 11.8 Å². The summed E-state index contributed by atoms with van der Waals surface area (Å²) >= 11 is 0. The predicted molar refractivity (Wildman–Crippen MR) is 69.9 cm³/mol. The Hall–Kier alpha value is -1.06. The van der Waals surface area contributed by atoms with Crippen LogP contribution in [0.25, 0.3) is 0 Å². The van der Waals surface area contributed by atoms with Crippen molar-refractivity contribution in [3.05, 3.63) is 0 Å². The molecular formula is C14H24N2O2. The minimum absolute atomic E-state index is 0.0296. The van der Waals surface area contributed by atoms with E-state index in [2.05, 4.69) is 19.2 Å². The Balaban J connectivity index is 2.09. The zero-order chi connectivity index (χ0) is 13.1. The first-order valence-corrected chi connectivity index (χ1v) is 7.20. The Morgan fingerprint density at radius 1 is 1.33 bits per heavy atom. The third kappa shape index (κ3) is 2.68. The summed E-state index contributed by atoms with van der Waals surface area (Å²) in [5.74, 6) is 0.954. The fraction of sp³-hybridized carbons (Fsp3) is 0.857. The van der Waals surface area contributed by atoms with Crippen LogP contribution in [0.1, 0.15) is 46.0 Å². The van der Waals surface area contributed by atoms with Crippen molar-refractivity contribution in [1.82, 2.24) is 10.2 Å². The largest absolute Gasteiger partial charge is 0.345 e. The second-order valence-corrected chi connectivity index (χ2v) is 5.74. The first-order chi connectivity index (χ1) is 8.63. The zero-order valence-electron chi connectivity index (χ0n) is 11.4. The van der Waals surface area contributed by atoms with Crippen LogP contribution in [0.15, 0.2) is 0 Å². The maximum Gasteiger partial charge on any atom is 0.243 e. The van der Waals surface area contributed by atoms with Gasteiger partial charge in [0, 0.05) is 6.54 Å². The Morgan fingerprint density at radius 3 is 2.61 bits per heavy atom. The van der Waals surface area contributed by atoms with Gasteiger partial charge in [-0.15, -0.1) is 0 Å². The van der Waals surface area contributed by atoms with Gasteiger partial charge in [0.1, 0.15) is 6.04 Å². The average Bonchev–Trinajstić information content (AvgIpc) is 2.86. The molecule has 2 amide bonds. The number of nitrogens with zero attached hydrogens (tertiary/aromatic N) is 1. The molecule has 1 aliphatic heterocycles. The number of carbonyl (C=O) groups is 2. The third-order valence-electron chi connectivity index (χ3n) is 4.45. The lowest BCUT2D eigenvalue weighted by atomic mass is 9.93.